The Hall–Kier alpha value is -3.30. The van der Waals surface area contributed by atoms with Gasteiger partial charge in [-0.3, -0.25) is 14.8 Å². The van der Waals surface area contributed by atoms with Gasteiger partial charge in [0, 0.05) is 28.6 Å². The Morgan fingerprint density at radius 3 is 2.60 bits per heavy atom. The molecule has 30 heavy (non-hydrogen) atoms. The maximum Gasteiger partial charge on any atom is 0.256 e. The highest BCUT2D eigenvalue weighted by atomic mass is 19.3. The van der Waals surface area contributed by atoms with Gasteiger partial charge in [-0.2, -0.15) is 10.2 Å². The van der Waals surface area contributed by atoms with Gasteiger partial charge in [0.15, 0.2) is 5.65 Å². The average Bonchev–Trinajstić information content (AvgIpc) is 3.09. The van der Waals surface area contributed by atoms with Gasteiger partial charge in [-0.05, 0) is 25.0 Å². The molecule has 1 N–H and O–H groups in total. The molecule has 4 aromatic rings. The number of alkyl halides is 2. The number of halogens is 4. The second-order valence-corrected chi connectivity index (χ2v) is 7.96. The fourth-order valence-corrected chi connectivity index (χ4v) is 4.52. The van der Waals surface area contributed by atoms with Crippen LogP contribution in [0.2, 0.25) is 0 Å². The Morgan fingerprint density at radius 2 is 1.87 bits per heavy atom. The summed E-state index contributed by atoms with van der Waals surface area (Å²) >= 11 is 0. The number of rotatable bonds is 2. The topological polar surface area (TPSA) is 72.3 Å². The molecular formula is C20H14F4N6. The first-order chi connectivity index (χ1) is 14.4. The van der Waals surface area contributed by atoms with Crippen LogP contribution < -0.4 is 0 Å². The number of aromatic nitrogens is 6. The summed E-state index contributed by atoms with van der Waals surface area (Å²) in [6.45, 7) is 0.0464. The average molecular weight is 414 g/mol. The molecule has 2 aliphatic rings. The highest BCUT2D eigenvalue weighted by molar-refractivity contribution is 5.97. The van der Waals surface area contributed by atoms with E-state index < -0.39 is 23.0 Å². The highest BCUT2D eigenvalue weighted by Gasteiger charge is 2.71. The SMILES string of the molecule is Fc1ccc(-c2nn3c(c2-c2c(F)cnc4[nH]ncc24)CC[C@@]2(C3)CC2(F)F)nc1. The van der Waals surface area contributed by atoms with Gasteiger partial charge < -0.3 is 0 Å². The number of H-pyrrole nitrogens is 1. The maximum absolute atomic E-state index is 15.0. The van der Waals surface area contributed by atoms with E-state index in [2.05, 4.69) is 25.3 Å². The summed E-state index contributed by atoms with van der Waals surface area (Å²) in [4.78, 5) is 8.10. The first-order valence-electron chi connectivity index (χ1n) is 9.46. The predicted octanol–water partition coefficient (Wildman–Crippen LogP) is 4.13. The molecule has 0 amide bonds. The summed E-state index contributed by atoms with van der Waals surface area (Å²) in [6, 6.07) is 2.68. The van der Waals surface area contributed by atoms with Crippen LogP contribution in [0.3, 0.4) is 0 Å². The van der Waals surface area contributed by atoms with E-state index in [0.717, 1.165) is 12.4 Å². The van der Waals surface area contributed by atoms with E-state index in [0.29, 0.717) is 40.1 Å². The summed E-state index contributed by atoms with van der Waals surface area (Å²) in [5.74, 6) is -3.82. The van der Waals surface area contributed by atoms with Crippen molar-refractivity contribution in [3.63, 3.8) is 0 Å². The normalized spacial score (nSPS) is 21.9. The van der Waals surface area contributed by atoms with Gasteiger partial charge in [0.25, 0.3) is 5.92 Å². The summed E-state index contributed by atoms with van der Waals surface area (Å²) in [6.07, 6.45) is 4.03. The molecule has 1 spiro atoms. The van der Waals surface area contributed by atoms with E-state index in [1.165, 1.54) is 23.0 Å². The molecule has 1 aliphatic heterocycles. The Kier molecular flexibility index (Phi) is 3.30. The van der Waals surface area contributed by atoms with Crippen molar-refractivity contribution >= 4 is 11.0 Å². The monoisotopic (exact) mass is 414 g/mol. The number of pyridine rings is 2. The van der Waals surface area contributed by atoms with Crippen molar-refractivity contribution in [2.45, 2.75) is 31.7 Å². The van der Waals surface area contributed by atoms with Crippen molar-refractivity contribution in [3.8, 4) is 22.5 Å². The first-order valence-corrected chi connectivity index (χ1v) is 9.46. The van der Waals surface area contributed by atoms with Crippen LogP contribution in [0.15, 0.2) is 30.7 Å². The van der Waals surface area contributed by atoms with Crippen LogP contribution in [-0.2, 0) is 13.0 Å². The number of fused-ring (bicyclic) bond motifs is 2. The van der Waals surface area contributed by atoms with Gasteiger partial charge >= 0.3 is 0 Å². The summed E-state index contributed by atoms with van der Waals surface area (Å²) in [5.41, 5.74) is 1.28. The van der Waals surface area contributed by atoms with Crippen molar-refractivity contribution in [1.29, 1.82) is 0 Å². The third kappa shape index (κ3) is 2.30. The summed E-state index contributed by atoms with van der Waals surface area (Å²) in [5, 5.41) is 11.6. The van der Waals surface area contributed by atoms with Crippen LogP contribution in [-0.4, -0.2) is 35.9 Å². The molecule has 6 rings (SSSR count). The minimum absolute atomic E-state index is 0.0464. The van der Waals surface area contributed by atoms with Crippen molar-refractivity contribution in [2.75, 3.05) is 0 Å². The molecule has 1 atom stereocenters. The van der Waals surface area contributed by atoms with Crippen molar-refractivity contribution in [1.82, 2.24) is 29.9 Å². The second kappa shape index (κ2) is 5.65. The quantitative estimate of drug-likeness (QED) is 0.501. The van der Waals surface area contributed by atoms with Gasteiger partial charge in [-0.15, -0.1) is 0 Å². The van der Waals surface area contributed by atoms with Gasteiger partial charge in [-0.25, -0.2) is 22.5 Å². The van der Waals surface area contributed by atoms with E-state index >= 15 is 4.39 Å². The van der Waals surface area contributed by atoms with Gasteiger partial charge in [-0.1, -0.05) is 0 Å². The lowest BCUT2D eigenvalue weighted by molar-refractivity contribution is 0.0462. The zero-order chi connectivity index (χ0) is 20.7. The summed E-state index contributed by atoms with van der Waals surface area (Å²) in [7, 11) is 0. The van der Waals surface area contributed by atoms with E-state index in [9.17, 15) is 13.2 Å². The molecule has 0 aromatic carbocycles. The van der Waals surface area contributed by atoms with Crippen LogP contribution in [0.25, 0.3) is 33.5 Å². The molecule has 0 unspecified atom stereocenters. The fraction of sp³-hybridized carbons (Fsp3) is 0.300. The second-order valence-electron chi connectivity index (χ2n) is 7.96. The molecule has 5 heterocycles. The Bertz CT molecular complexity index is 1310. The minimum Gasteiger partial charge on any atom is -0.267 e. The van der Waals surface area contributed by atoms with Crippen molar-refractivity contribution in [2.24, 2.45) is 5.41 Å². The predicted molar refractivity (Wildman–Crippen MR) is 98.6 cm³/mol. The third-order valence-corrected chi connectivity index (χ3v) is 6.22. The molecule has 1 aliphatic carbocycles. The molecular weight excluding hydrogens is 400 g/mol. The molecule has 1 fully saturated rings. The molecule has 0 bridgehead atoms. The Balaban J connectivity index is 1.62. The third-order valence-electron chi connectivity index (χ3n) is 6.22. The zero-order valence-electron chi connectivity index (χ0n) is 15.5. The van der Waals surface area contributed by atoms with Gasteiger partial charge in [0.2, 0.25) is 0 Å². The zero-order valence-corrected chi connectivity index (χ0v) is 15.5. The molecule has 0 saturated heterocycles. The largest absolute Gasteiger partial charge is 0.267 e. The number of nitrogens with zero attached hydrogens (tertiary/aromatic N) is 5. The molecule has 1 saturated carbocycles. The van der Waals surface area contributed by atoms with Gasteiger partial charge in [0.05, 0.1) is 36.2 Å². The van der Waals surface area contributed by atoms with E-state index in [-0.39, 0.29) is 24.9 Å². The lowest BCUT2D eigenvalue weighted by atomic mass is 9.90. The number of nitrogens with one attached hydrogen (secondary N) is 1. The van der Waals surface area contributed by atoms with Crippen LogP contribution in [0.5, 0.6) is 0 Å². The van der Waals surface area contributed by atoms with Crippen LogP contribution in [0, 0.1) is 17.0 Å². The smallest absolute Gasteiger partial charge is 0.256 e. The fourth-order valence-electron chi connectivity index (χ4n) is 4.52. The molecule has 4 aromatic heterocycles. The van der Waals surface area contributed by atoms with Crippen LogP contribution in [0.1, 0.15) is 18.5 Å². The maximum atomic E-state index is 15.0. The molecule has 10 heteroatoms. The highest BCUT2D eigenvalue weighted by Crippen LogP contribution is 2.65. The van der Waals surface area contributed by atoms with E-state index in [1.54, 1.807) is 0 Å². The standard InChI is InChI=1S/C20H14F4N6/c21-10-1-2-13(25-5-10)17-16(15-11-6-27-28-18(11)26-7-12(15)22)14-3-4-19(8-20(19,23)24)9-30(14)29-17/h1-2,5-7H,3-4,8-9H2,(H,26,27,28)/t19-/m0/s1. The van der Waals surface area contributed by atoms with Gasteiger partial charge in [0.1, 0.15) is 17.3 Å². The molecule has 6 nitrogen and oxygen atoms in total. The van der Waals surface area contributed by atoms with E-state index in [1.807, 2.05) is 0 Å². The molecule has 152 valence electrons. The number of hydrogen-bond donors (Lipinski definition) is 1. The van der Waals surface area contributed by atoms with Crippen LogP contribution in [0.4, 0.5) is 17.6 Å². The lowest BCUT2D eigenvalue weighted by Crippen LogP contribution is -2.27. The number of aromatic amines is 1. The van der Waals surface area contributed by atoms with E-state index in [4.69, 9.17) is 0 Å². The molecule has 0 radical (unpaired) electrons. The van der Waals surface area contributed by atoms with Crippen LogP contribution >= 0.6 is 0 Å². The lowest BCUT2D eigenvalue weighted by Gasteiger charge is -2.24. The first kappa shape index (κ1) is 17.5. The Morgan fingerprint density at radius 1 is 1.03 bits per heavy atom. The number of hydrogen-bond acceptors (Lipinski definition) is 4. The minimum atomic E-state index is -2.72. The summed E-state index contributed by atoms with van der Waals surface area (Å²) < 4.78 is 58.0. The van der Waals surface area contributed by atoms with Crippen molar-refractivity contribution < 1.29 is 17.6 Å². The Labute approximate surface area is 167 Å². The van der Waals surface area contributed by atoms with Crippen molar-refractivity contribution in [3.05, 3.63) is 48.1 Å².